The second-order valence-corrected chi connectivity index (χ2v) is 6.85. The van der Waals surface area contributed by atoms with E-state index in [4.69, 9.17) is 11.2 Å². The van der Waals surface area contributed by atoms with Crippen molar-refractivity contribution in [2.75, 3.05) is 6.61 Å². The smallest absolute Gasteiger partial charge is 0.262 e. The van der Waals surface area contributed by atoms with Crippen LogP contribution in [0.1, 0.15) is 11.1 Å². The minimum absolute atomic E-state index is 0.0111. The van der Waals surface area contributed by atoms with Crippen molar-refractivity contribution in [3.63, 3.8) is 0 Å². The Bertz CT molecular complexity index is 887. The molecule has 0 radical (unpaired) electrons. The fraction of sp³-hybridized carbons (Fsp3) is 0.100. The number of hydrogen-bond acceptors (Lipinski definition) is 3. The number of nitrogens with zero attached hydrogens (tertiary/aromatic N) is 1. The monoisotopic (exact) mass is 472 g/mol. The third-order valence-electron chi connectivity index (χ3n) is 3.29. The fourth-order valence-electron chi connectivity index (χ4n) is 2.10. The zero-order valence-electron chi connectivity index (χ0n) is 13.6. The largest absolute Gasteiger partial charge is 0.479 e. The number of ether oxygens (including phenoxy) is 1. The summed E-state index contributed by atoms with van der Waals surface area (Å²) in [5.74, 6) is 2.53. The molecule has 0 atom stereocenters. The van der Waals surface area contributed by atoms with Gasteiger partial charge in [-0.25, -0.2) is 0 Å². The van der Waals surface area contributed by atoms with Crippen molar-refractivity contribution >= 4 is 43.8 Å². The van der Waals surface area contributed by atoms with Gasteiger partial charge >= 0.3 is 0 Å². The summed E-state index contributed by atoms with van der Waals surface area (Å²) in [4.78, 5) is 12.3. The van der Waals surface area contributed by atoms with Gasteiger partial charge in [0.05, 0.1) is 8.95 Å². The molecular formula is C20H14Br2N2O2. The Kier molecular flexibility index (Phi) is 7.47. The standard InChI is InChI=1S/C20H14Br2N2O2/c1-2-8-26-19-17(21)10-15(11-18(19)22)9-16(12-23)20(25)24-13-14-6-4-3-5-7-14/h1,3-7,9-11H,8,13H2,(H,24,25)/b16-9-. The molecular weight excluding hydrogens is 460 g/mol. The van der Waals surface area contributed by atoms with Gasteiger partial charge in [0.15, 0.2) is 0 Å². The van der Waals surface area contributed by atoms with Crippen LogP contribution in [0.2, 0.25) is 0 Å². The highest BCUT2D eigenvalue weighted by Crippen LogP contribution is 2.35. The molecule has 2 rings (SSSR count). The quantitative estimate of drug-likeness (QED) is 0.383. The molecule has 6 heteroatoms. The molecule has 0 fully saturated rings. The van der Waals surface area contributed by atoms with Crippen LogP contribution in [0.15, 0.2) is 57.0 Å². The number of nitriles is 1. The van der Waals surface area contributed by atoms with E-state index in [-0.39, 0.29) is 12.2 Å². The van der Waals surface area contributed by atoms with E-state index in [0.29, 0.717) is 26.8 Å². The summed E-state index contributed by atoms with van der Waals surface area (Å²) in [6, 6.07) is 14.9. The molecule has 0 saturated carbocycles. The van der Waals surface area contributed by atoms with Gasteiger partial charge in [0.2, 0.25) is 0 Å². The molecule has 2 aromatic rings. The summed E-state index contributed by atoms with van der Waals surface area (Å²) in [5, 5.41) is 12.1. The average Bonchev–Trinajstić information content (AvgIpc) is 2.64. The lowest BCUT2D eigenvalue weighted by Gasteiger charge is -2.09. The summed E-state index contributed by atoms with van der Waals surface area (Å²) < 4.78 is 6.77. The minimum Gasteiger partial charge on any atom is -0.479 e. The number of hydrogen-bond donors (Lipinski definition) is 1. The maximum absolute atomic E-state index is 12.3. The van der Waals surface area contributed by atoms with Crippen LogP contribution in [0.3, 0.4) is 0 Å². The topological polar surface area (TPSA) is 62.1 Å². The van der Waals surface area contributed by atoms with Crippen LogP contribution in [0, 0.1) is 23.7 Å². The lowest BCUT2D eigenvalue weighted by molar-refractivity contribution is -0.117. The van der Waals surface area contributed by atoms with Crippen molar-refractivity contribution in [3.05, 3.63) is 68.1 Å². The molecule has 4 nitrogen and oxygen atoms in total. The number of carbonyl (C=O) groups is 1. The maximum Gasteiger partial charge on any atom is 0.262 e. The zero-order valence-corrected chi connectivity index (χ0v) is 16.8. The Morgan fingerprint density at radius 1 is 1.23 bits per heavy atom. The number of halogens is 2. The molecule has 0 aromatic heterocycles. The molecule has 0 aliphatic heterocycles. The number of amides is 1. The molecule has 130 valence electrons. The van der Waals surface area contributed by atoms with E-state index >= 15 is 0 Å². The van der Waals surface area contributed by atoms with E-state index in [0.717, 1.165) is 5.56 Å². The molecule has 0 aliphatic rings. The third-order valence-corrected chi connectivity index (χ3v) is 4.47. The van der Waals surface area contributed by atoms with Crippen LogP contribution in [0.5, 0.6) is 5.75 Å². The van der Waals surface area contributed by atoms with Gasteiger partial charge in [0.25, 0.3) is 5.91 Å². The second kappa shape index (κ2) is 9.82. The van der Waals surface area contributed by atoms with Gasteiger partial charge in [-0.3, -0.25) is 4.79 Å². The van der Waals surface area contributed by atoms with Crippen molar-refractivity contribution in [3.8, 4) is 24.2 Å². The Morgan fingerprint density at radius 2 is 1.88 bits per heavy atom. The van der Waals surface area contributed by atoms with Crippen molar-refractivity contribution in [1.82, 2.24) is 5.32 Å². The number of nitrogens with one attached hydrogen (secondary N) is 1. The second-order valence-electron chi connectivity index (χ2n) is 5.14. The maximum atomic E-state index is 12.3. The van der Waals surface area contributed by atoms with Crippen LogP contribution in [-0.4, -0.2) is 12.5 Å². The summed E-state index contributed by atoms with van der Waals surface area (Å²) in [6.07, 6.45) is 6.71. The predicted molar refractivity (Wildman–Crippen MR) is 108 cm³/mol. The summed E-state index contributed by atoms with van der Waals surface area (Å²) >= 11 is 6.80. The summed E-state index contributed by atoms with van der Waals surface area (Å²) in [5.41, 5.74) is 1.64. The van der Waals surface area contributed by atoms with Crippen LogP contribution in [-0.2, 0) is 11.3 Å². The first kappa shape index (κ1) is 19.8. The van der Waals surface area contributed by atoms with Gasteiger partial charge in [-0.2, -0.15) is 5.26 Å². The first-order chi connectivity index (χ1) is 12.5. The molecule has 1 amide bonds. The normalized spacial score (nSPS) is 10.5. The van der Waals surface area contributed by atoms with Gasteiger partial charge in [-0.1, -0.05) is 36.3 Å². The van der Waals surface area contributed by atoms with Crippen molar-refractivity contribution in [2.45, 2.75) is 6.54 Å². The molecule has 0 saturated heterocycles. The van der Waals surface area contributed by atoms with Crippen LogP contribution in [0.25, 0.3) is 6.08 Å². The van der Waals surface area contributed by atoms with Crippen LogP contribution in [0.4, 0.5) is 0 Å². The lowest BCUT2D eigenvalue weighted by atomic mass is 10.1. The lowest BCUT2D eigenvalue weighted by Crippen LogP contribution is -2.23. The predicted octanol–water partition coefficient (Wildman–Crippen LogP) is 4.45. The highest BCUT2D eigenvalue weighted by molar-refractivity contribution is 9.11. The Balaban J connectivity index is 2.16. The molecule has 0 aliphatic carbocycles. The van der Waals surface area contributed by atoms with Crippen LogP contribution < -0.4 is 10.1 Å². The molecule has 0 heterocycles. The minimum atomic E-state index is -0.434. The number of benzene rings is 2. The SMILES string of the molecule is C#CCOc1c(Br)cc(/C=C(/C#N)C(=O)NCc2ccccc2)cc1Br. The average molecular weight is 474 g/mol. The number of terminal acetylenes is 1. The Morgan fingerprint density at radius 3 is 2.46 bits per heavy atom. The number of carbonyl (C=O) groups excluding carboxylic acids is 1. The zero-order chi connectivity index (χ0) is 18.9. The van der Waals surface area contributed by atoms with E-state index in [1.165, 1.54) is 6.08 Å². The molecule has 0 bridgehead atoms. The molecule has 1 N–H and O–H groups in total. The molecule has 0 spiro atoms. The molecule has 26 heavy (non-hydrogen) atoms. The van der Waals surface area contributed by atoms with Crippen LogP contribution >= 0.6 is 31.9 Å². The Hall–Kier alpha value is -2.54. The van der Waals surface area contributed by atoms with E-state index in [9.17, 15) is 10.1 Å². The van der Waals surface area contributed by atoms with E-state index < -0.39 is 5.91 Å². The van der Waals surface area contributed by atoms with Crippen molar-refractivity contribution in [1.29, 1.82) is 5.26 Å². The summed E-state index contributed by atoms with van der Waals surface area (Å²) in [7, 11) is 0. The highest BCUT2D eigenvalue weighted by atomic mass is 79.9. The fourth-order valence-corrected chi connectivity index (χ4v) is 3.55. The van der Waals surface area contributed by atoms with Crippen molar-refractivity contribution < 1.29 is 9.53 Å². The van der Waals surface area contributed by atoms with Gasteiger partial charge in [0.1, 0.15) is 24.0 Å². The van der Waals surface area contributed by atoms with E-state index in [1.54, 1.807) is 12.1 Å². The molecule has 2 aromatic carbocycles. The first-order valence-electron chi connectivity index (χ1n) is 7.54. The first-order valence-corrected chi connectivity index (χ1v) is 9.13. The van der Waals surface area contributed by atoms with E-state index in [1.807, 2.05) is 36.4 Å². The van der Waals surface area contributed by atoms with Gasteiger partial charge in [-0.05, 0) is 61.2 Å². The van der Waals surface area contributed by atoms with E-state index in [2.05, 4.69) is 43.1 Å². The van der Waals surface area contributed by atoms with Gasteiger partial charge in [-0.15, -0.1) is 6.42 Å². The molecule has 0 unspecified atom stereocenters. The van der Waals surface area contributed by atoms with Gasteiger partial charge in [0, 0.05) is 6.54 Å². The highest BCUT2D eigenvalue weighted by Gasteiger charge is 2.12. The number of rotatable bonds is 6. The summed E-state index contributed by atoms with van der Waals surface area (Å²) in [6.45, 7) is 0.489. The Labute approximate surface area is 169 Å². The van der Waals surface area contributed by atoms with Crippen molar-refractivity contribution in [2.24, 2.45) is 0 Å². The third kappa shape index (κ3) is 5.49. The van der Waals surface area contributed by atoms with Gasteiger partial charge < -0.3 is 10.1 Å².